The highest BCUT2D eigenvalue weighted by molar-refractivity contribution is 4.72. The second-order valence-electron chi connectivity index (χ2n) is 4.31. The quantitative estimate of drug-likeness (QED) is 0.473. The lowest BCUT2D eigenvalue weighted by Gasteiger charge is -2.18. The highest BCUT2D eigenvalue weighted by atomic mass is 14.2. The van der Waals surface area contributed by atoms with Crippen LogP contribution in [0.15, 0.2) is 12.7 Å². The normalized spacial score (nSPS) is 13.2. The van der Waals surface area contributed by atoms with E-state index in [2.05, 4.69) is 33.4 Å². The molecule has 0 aromatic heterocycles. The van der Waals surface area contributed by atoms with E-state index in [1.807, 2.05) is 0 Å². The predicted molar refractivity (Wildman–Crippen MR) is 61.9 cm³/mol. The zero-order valence-corrected chi connectivity index (χ0v) is 9.68. The molecule has 13 heavy (non-hydrogen) atoms. The fraction of sp³-hybridized carbons (Fsp3) is 0.846. The molecule has 1 unspecified atom stereocenters. The molecule has 0 aromatic rings. The van der Waals surface area contributed by atoms with E-state index in [4.69, 9.17) is 0 Å². The van der Waals surface area contributed by atoms with Gasteiger partial charge in [0.1, 0.15) is 0 Å². The average molecular weight is 182 g/mol. The van der Waals surface area contributed by atoms with Crippen molar-refractivity contribution in [3.63, 3.8) is 0 Å². The molecular weight excluding hydrogens is 156 g/mol. The molecule has 1 atom stereocenters. The van der Waals surface area contributed by atoms with E-state index < -0.39 is 0 Å². The van der Waals surface area contributed by atoms with Gasteiger partial charge in [-0.15, -0.1) is 6.58 Å². The van der Waals surface area contributed by atoms with Crippen LogP contribution in [0.25, 0.3) is 0 Å². The summed E-state index contributed by atoms with van der Waals surface area (Å²) in [5.74, 6) is 1.80. The van der Waals surface area contributed by atoms with Crippen molar-refractivity contribution in [1.29, 1.82) is 0 Å². The van der Waals surface area contributed by atoms with Gasteiger partial charge in [0.05, 0.1) is 0 Å². The van der Waals surface area contributed by atoms with Crippen LogP contribution in [-0.4, -0.2) is 0 Å². The predicted octanol–water partition coefficient (Wildman–Crippen LogP) is 4.81. The van der Waals surface area contributed by atoms with E-state index in [-0.39, 0.29) is 0 Å². The molecule has 0 aliphatic rings. The van der Waals surface area contributed by atoms with Crippen LogP contribution in [0.1, 0.15) is 59.3 Å². The standard InChI is InChI=1S/C13H26/c1-5-8-12(4)11-13(9-6-2)10-7-3/h5,12-13H,1,6-11H2,2-4H3. The maximum absolute atomic E-state index is 3.80. The van der Waals surface area contributed by atoms with E-state index in [9.17, 15) is 0 Å². The number of rotatable bonds is 8. The zero-order chi connectivity index (χ0) is 10.1. The topological polar surface area (TPSA) is 0 Å². The molecule has 0 spiro atoms. The van der Waals surface area contributed by atoms with Crippen molar-refractivity contribution in [3.8, 4) is 0 Å². The lowest BCUT2D eigenvalue weighted by Crippen LogP contribution is -2.05. The lowest BCUT2D eigenvalue weighted by atomic mass is 9.87. The maximum atomic E-state index is 3.80. The number of allylic oxidation sites excluding steroid dienone is 1. The monoisotopic (exact) mass is 182 g/mol. The first-order valence-corrected chi connectivity index (χ1v) is 5.85. The van der Waals surface area contributed by atoms with Gasteiger partial charge in [-0.2, -0.15) is 0 Å². The second kappa shape index (κ2) is 8.34. The molecule has 0 saturated carbocycles. The highest BCUT2D eigenvalue weighted by Crippen LogP contribution is 2.23. The summed E-state index contributed by atoms with van der Waals surface area (Å²) < 4.78 is 0. The van der Waals surface area contributed by atoms with Crippen molar-refractivity contribution >= 4 is 0 Å². The third-order valence-electron chi connectivity index (χ3n) is 2.70. The summed E-state index contributed by atoms with van der Waals surface area (Å²) in [4.78, 5) is 0. The molecule has 0 bridgehead atoms. The first kappa shape index (κ1) is 12.7. The van der Waals surface area contributed by atoms with E-state index in [0.717, 1.165) is 11.8 Å². The van der Waals surface area contributed by atoms with E-state index in [1.165, 1.54) is 38.5 Å². The highest BCUT2D eigenvalue weighted by Gasteiger charge is 2.10. The van der Waals surface area contributed by atoms with E-state index in [1.54, 1.807) is 0 Å². The van der Waals surface area contributed by atoms with Crippen molar-refractivity contribution in [2.75, 3.05) is 0 Å². The Morgan fingerprint density at radius 2 is 1.69 bits per heavy atom. The van der Waals surface area contributed by atoms with Gasteiger partial charge in [-0.05, 0) is 24.7 Å². The Bertz CT molecular complexity index is 109. The Labute approximate surface area is 84.4 Å². The summed E-state index contributed by atoms with van der Waals surface area (Å²) in [5, 5.41) is 0. The van der Waals surface area contributed by atoms with Crippen LogP contribution in [0.4, 0.5) is 0 Å². The zero-order valence-electron chi connectivity index (χ0n) is 9.68. The molecule has 0 N–H and O–H groups in total. The Kier molecular flexibility index (Phi) is 8.18. The van der Waals surface area contributed by atoms with Crippen molar-refractivity contribution < 1.29 is 0 Å². The molecule has 0 rings (SSSR count). The van der Waals surface area contributed by atoms with Crippen LogP contribution in [0.3, 0.4) is 0 Å². The summed E-state index contributed by atoms with van der Waals surface area (Å²) in [6.07, 6.45) is 10.1. The summed E-state index contributed by atoms with van der Waals surface area (Å²) in [6, 6.07) is 0. The van der Waals surface area contributed by atoms with Crippen molar-refractivity contribution in [2.24, 2.45) is 11.8 Å². The van der Waals surface area contributed by atoms with Crippen molar-refractivity contribution in [3.05, 3.63) is 12.7 Å². The van der Waals surface area contributed by atoms with Crippen molar-refractivity contribution in [1.82, 2.24) is 0 Å². The molecule has 0 amide bonds. The molecule has 0 saturated heterocycles. The van der Waals surface area contributed by atoms with Gasteiger partial charge in [-0.3, -0.25) is 0 Å². The van der Waals surface area contributed by atoms with E-state index in [0.29, 0.717) is 0 Å². The summed E-state index contributed by atoms with van der Waals surface area (Å²) in [7, 11) is 0. The molecule has 0 aliphatic carbocycles. The van der Waals surface area contributed by atoms with Gasteiger partial charge in [0, 0.05) is 0 Å². The third kappa shape index (κ3) is 6.86. The van der Waals surface area contributed by atoms with Crippen molar-refractivity contribution in [2.45, 2.75) is 59.3 Å². The number of hydrogen-bond donors (Lipinski definition) is 0. The van der Waals surface area contributed by atoms with Gasteiger partial charge in [0.15, 0.2) is 0 Å². The molecule has 78 valence electrons. The molecule has 0 heterocycles. The van der Waals surface area contributed by atoms with Gasteiger partial charge < -0.3 is 0 Å². The summed E-state index contributed by atoms with van der Waals surface area (Å²) >= 11 is 0. The van der Waals surface area contributed by atoms with Gasteiger partial charge in [0.2, 0.25) is 0 Å². The molecule has 0 radical (unpaired) electrons. The van der Waals surface area contributed by atoms with Gasteiger partial charge in [-0.25, -0.2) is 0 Å². The molecular formula is C13H26. The van der Waals surface area contributed by atoms with Crippen LogP contribution in [0.5, 0.6) is 0 Å². The minimum Gasteiger partial charge on any atom is -0.103 e. The van der Waals surface area contributed by atoms with Gasteiger partial charge in [-0.1, -0.05) is 52.5 Å². The largest absolute Gasteiger partial charge is 0.103 e. The Balaban J connectivity index is 3.70. The molecule has 0 nitrogen and oxygen atoms in total. The van der Waals surface area contributed by atoms with Crippen LogP contribution in [0, 0.1) is 11.8 Å². The van der Waals surface area contributed by atoms with Crippen LogP contribution < -0.4 is 0 Å². The first-order chi connectivity index (χ1) is 6.24. The Morgan fingerprint density at radius 1 is 1.15 bits per heavy atom. The fourth-order valence-corrected chi connectivity index (χ4v) is 2.15. The number of hydrogen-bond acceptors (Lipinski definition) is 0. The smallest absolute Gasteiger partial charge is 0.0327 e. The van der Waals surface area contributed by atoms with Crippen LogP contribution >= 0.6 is 0 Å². The van der Waals surface area contributed by atoms with Gasteiger partial charge in [0.25, 0.3) is 0 Å². The first-order valence-electron chi connectivity index (χ1n) is 5.85. The third-order valence-corrected chi connectivity index (χ3v) is 2.70. The van der Waals surface area contributed by atoms with E-state index >= 15 is 0 Å². The SMILES string of the molecule is C=CCC(C)CC(CCC)CCC. The van der Waals surface area contributed by atoms with Crippen LogP contribution in [-0.2, 0) is 0 Å². The minimum atomic E-state index is 0.834. The summed E-state index contributed by atoms with van der Waals surface area (Å²) in [6.45, 7) is 10.7. The average Bonchev–Trinajstić information content (AvgIpc) is 2.05. The lowest BCUT2D eigenvalue weighted by molar-refractivity contribution is 0.346. The molecule has 0 aromatic carbocycles. The van der Waals surface area contributed by atoms with Gasteiger partial charge >= 0.3 is 0 Å². The second-order valence-corrected chi connectivity index (χ2v) is 4.31. The fourth-order valence-electron chi connectivity index (χ4n) is 2.15. The molecule has 0 heteroatoms. The molecule has 0 aliphatic heterocycles. The minimum absolute atomic E-state index is 0.834. The Morgan fingerprint density at radius 3 is 2.08 bits per heavy atom. The Hall–Kier alpha value is -0.260. The maximum Gasteiger partial charge on any atom is -0.0327 e. The molecule has 0 fully saturated rings. The summed E-state index contributed by atoms with van der Waals surface area (Å²) in [5.41, 5.74) is 0. The van der Waals surface area contributed by atoms with Crippen LogP contribution in [0.2, 0.25) is 0 Å².